The van der Waals surface area contributed by atoms with Crippen LogP contribution < -0.4 is 9.64 Å². The number of benzene rings is 1. The third-order valence-corrected chi connectivity index (χ3v) is 6.19. The summed E-state index contributed by atoms with van der Waals surface area (Å²) in [5.41, 5.74) is 2.65. The van der Waals surface area contributed by atoms with Crippen molar-refractivity contribution in [2.75, 3.05) is 24.6 Å². The van der Waals surface area contributed by atoms with Crippen LogP contribution in [-0.4, -0.2) is 34.6 Å². The summed E-state index contributed by atoms with van der Waals surface area (Å²) in [5, 5.41) is 1.69. The molecule has 3 heterocycles. The third kappa shape index (κ3) is 4.96. The zero-order chi connectivity index (χ0) is 21.1. The van der Waals surface area contributed by atoms with E-state index in [1.165, 1.54) is 6.42 Å². The van der Waals surface area contributed by atoms with E-state index >= 15 is 0 Å². The second-order valence-corrected chi connectivity index (χ2v) is 9.01. The van der Waals surface area contributed by atoms with Crippen molar-refractivity contribution in [2.24, 2.45) is 5.92 Å². The number of rotatable bonds is 7. The molecule has 3 aromatic rings. The molecule has 30 heavy (non-hydrogen) atoms. The van der Waals surface area contributed by atoms with Crippen molar-refractivity contribution in [3.05, 3.63) is 45.0 Å². The van der Waals surface area contributed by atoms with Crippen LogP contribution in [0.1, 0.15) is 38.2 Å². The first-order valence-electron chi connectivity index (χ1n) is 10.4. The third-order valence-electron chi connectivity index (χ3n) is 5.48. The molecule has 1 aliphatic rings. The summed E-state index contributed by atoms with van der Waals surface area (Å²) in [5.74, 6) is 2.19. The summed E-state index contributed by atoms with van der Waals surface area (Å²) in [6.07, 6.45) is 5.19. The van der Waals surface area contributed by atoms with Crippen LogP contribution in [0.5, 0.6) is 5.75 Å². The van der Waals surface area contributed by atoms with Gasteiger partial charge in [-0.1, -0.05) is 41.7 Å². The van der Waals surface area contributed by atoms with Crippen molar-refractivity contribution >= 4 is 51.9 Å². The Bertz CT molecular complexity index is 1020. The lowest BCUT2D eigenvalue weighted by atomic mass is 9.91. The maximum atomic E-state index is 6.40. The van der Waals surface area contributed by atoms with E-state index < -0.39 is 0 Å². The van der Waals surface area contributed by atoms with Gasteiger partial charge in [-0.15, -0.1) is 0 Å². The smallest absolute Gasteiger partial charge is 0.205 e. The van der Waals surface area contributed by atoms with Gasteiger partial charge in [-0.2, -0.15) is 4.98 Å². The zero-order valence-electron chi connectivity index (χ0n) is 16.9. The Kier molecular flexibility index (Phi) is 6.91. The predicted octanol–water partition coefficient (Wildman–Crippen LogP) is 6.56. The molecule has 1 saturated heterocycles. The average molecular weight is 468 g/mol. The van der Waals surface area contributed by atoms with E-state index in [1.54, 1.807) is 12.1 Å². The van der Waals surface area contributed by atoms with Gasteiger partial charge in [0.2, 0.25) is 5.95 Å². The van der Waals surface area contributed by atoms with Crippen molar-refractivity contribution in [1.82, 2.24) is 15.0 Å². The Labute approximate surface area is 191 Å². The minimum atomic E-state index is 0.457. The molecule has 0 radical (unpaired) electrons. The Morgan fingerprint density at radius 3 is 2.90 bits per heavy atom. The van der Waals surface area contributed by atoms with Crippen LogP contribution >= 0.6 is 34.8 Å². The molecule has 1 fully saturated rings. The molecule has 0 aliphatic carbocycles. The summed E-state index contributed by atoms with van der Waals surface area (Å²) in [6.45, 7) is 4.67. The fraction of sp³-hybridized carbons (Fsp3) is 0.455. The minimum absolute atomic E-state index is 0.457. The second-order valence-electron chi connectivity index (χ2n) is 7.78. The lowest BCUT2D eigenvalue weighted by Gasteiger charge is -2.32. The molecule has 1 atom stereocenters. The molecule has 1 aliphatic heterocycles. The highest BCUT2D eigenvalue weighted by atomic mass is 35.5. The van der Waals surface area contributed by atoms with E-state index in [9.17, 15) is 0 Å². The Hall–Kier alpha value is -1.69. The number of aromatic nitrogens is 3. The predicted molar refractivity (Wildman–Crippen MR) is 124 cm³/mol. The maximum Gasteiger partial charge on any atom is 0.205 e. The molecule has 0 unspecified atom stereocenters. The monoisotopic (exact) mass is 466 g/mol. The number of ether oxygens (including phenoxy) is 1. The average Bonchev–Trinajstić information content (AvgIpc) is 3.15. The van der Waals surface area contributed by atoms with Gasteiger partial charge in [0.25, 0.3) is 0 Å². The molecular weight excluding hydrogens is 443 g/mol. The first kappa shape index (κ1) is 21.5. The number of aryl methyl sites for hydroxylation is 1. The van der Waals surface area contributed by atoms with Gasteiger partial charge in [-0.05, 0) is 67.9 Å². The lowest BCUT2D eigenvalue weighted by Crippen LogP contribution is -2.36. The number of hydrogen-bond acceptors (Lipinski definition) is 4. The molecular formula is C22H25Cl3N4O. The molecule has 160 valence electrons. The Balaban J connectivity index is 1.44. The topological polar surface area (TPSA) is 54.0 Å². The number of hydrogen-bond donors (Lipinski definition) is 1. The van der Waals surface area contributed by atoms with Crippen LogP contribution in [-0.2, 0) is 6.42 Å². The summed E-state index contributed by atoms with van der Waals surface area (Å²) < 4.78 is 5.91. The summed E-state index contributed by atoms with van der Waals surface area (Å²) >= 11 is 18.6. The van der Waals surface area contributed by atoms with Crippen molar-refractivity contribution in [2.45, 2.75) is 39.0 Å². The fourth-order valence-electron chi connectivity index (χ4n) is 4.02. The molecule has 0 amide bonds. The van der Waals surface area contributed by atoms with E-state index in [2.05, 4.69) is 26.8 Å². The number of imidazole rings is 1. The first-order valence-corrected chi connectivity index (χ1v) is 11.5. The van der Waals surface area contributed by atoms with Crippen LogP contribution in [0.4, 0.5) is 5.95 Å². The molecule has 0 saturated carbocycles. The second kappa shape index (κ2) is 9.63. The number of anilines is 1. The molecule has 0 bridgehead atoms. The highest BCUT2D eigenvalue weighted by molar-refractivity contribution is 6.35. The highest BCUT2D eigenvalue weighted by Crippen LogP contribution is 2.35. The van der Waals surface area contributed by atoms with Crippen LogP contribution in [0.15, 0.2) is 24.3 Å². The molecule has 5 nitrogen and oxygen atoms in total. The number of nitrogens with one attached hydrogen (secondary N) is 1. The first-order chi connectivity index (χ1) is 14.5. The quantitative estimate of drug-likeness (QED) is 0.400. The van der Waals surface area contributed by atoms with Crippen molar-refractivity contribution in [3.63, 3.8) is 0 Å². The van der Waals surface area contributed by atoms with Crippen LogP contribution in [0.2, 0.25) is 15.2 Å². The van der Waals surface area contributed by atoms with Crippen molar-refractivity contribution in [1.29, 1.82) is 0 Å². The van der Waals surface area contributed by atoms with Gasteiger partial charge < -0.3 is 14.6 Å². The van der Waals surface area contributed by atoms with Gasteiger partial charge >= 0.3 is 0 Å². The van der Waals surface area contributed by atoms with E-state index in [0.717, 1.165) is 61.6 Å². The summed E-state index contributed by atoms with van der Waals surface area (Å²) in [6, 6.07) is 7.43. The number of aromatic amines is 1. The number of halogens is 3. The SMILES string of the molecule is CCCOc1c(Cl)cc(Cl)cc1CC[C@H]1CCCN(c2nc3nc(Cl)ccc3[nH]2)C1. The van der Waals surface area contributed by atoms with Gasteiger partial charge in [-0.25, -0.2) is 4.98 Å². The molecule has 8 heteroatoms. The number of H-pyrrole nitrogens is 1. The van der Waals surface area contributed by atoms with Crippen molar-refractivity contribution in [3.8, 4) is 5.75 Å². The highest BCUT2D eigenvalue weighted by Gasteiger charge is 2.23. The zero-order valence-corrected chi connectivity index (χ0v) is 19.2. The van der Waals surface area contributed by atoms with Crippen LogP contribution in [0.3, 0.4) is 0 Å². The van der Waals surface area contributed by atoms with E-state index in [-0.39, 0.29) is 0 Å². The Morgan fingerprint density at radius 2 is 2.07 bits per heavy atom. The van der Waals surface area contributed by atoms with Crippen molar-refractivity contribution < 1.29 is 4.74 Å². The molecule has 2 aromatic heterocycles. The van der Waals surface area contributed by atoms with E-state index in [4.69, 9.17) is 39.5 Å². The van der Waals surface area contributed by atoms with E-state index in [0.29, 0.717) is 33.4 Å². The van der Waals surface area contributed by atoms with Gasteiger partial charge in [0, 0.05) is 18.1 Å². The molecule has 4 rings (SSSR count). The molecule has 1 aromatic carbocycles. The number of piperidine rings is 1. The fourth-order valence-corrected chi connectivity index (χ4v) is 4.76. The molecule has 1 N–H and O–H groups in total. The van der Waals surface area contributed by atoms with E-state index in [1.807, 2.05) is 12.1 Å². The summed E-state index contributed by atoms with van der Waals surface area (Å²) in [4.78, 5) is 14.6. The van der Waals surface area contributed by atoms with Gasteiger partial charge in [-0.3, -0.25) is 0 Å². The van der Waals surface area contributed by atoms with Gasteiger partial charge in [0.05, 0.1) is 17.1 Å². The largest absolute Gasteiger partial charge is 0.492 e. The lowest BCUT2D eigenvalue weighted by molar-refractivity contribution is 0.312. The summed E-state index contributed by atoms with van der Waals surface area (Å²) in [7, 11) is 0. The number of nitrogens with zero attached hydrogens (tertiary/aromatic N) is 3. The minimum Gasteiger partial charge on any atom is -0.492 e. The van der Waals surface area contributed by atoms with Crippen LogP contribution in [0, 0.1) is 5.92 Å². The molecule has 0 spiro atoms. The van der Waals surface area contributed by atoms with Gasteiger partial charge in [0.15, 0.2) is 5.65 Å². The normalized spacial score (nSPS) is 16.9. The maximum absolute atomic E-state index is 6.40. The Morgan fingerprint density at radius 1 is 1.20 bits per heavy atom. The standard InChI is InChI=1S/C22H25Cl3N4O/c1-2-10-30-20-15(11-16(23)12-17(20)24)6-5-14-4-3-9-29(13-14)22-26-18-7-8-19(25)27-21(18)28-22/h7-8,11-12,14H,2-6,9-10,13H2,1H3,(H,26,27,28)/t14-/m1/s1. The van der Waals surface area contributed by atoms with Gasteiger partial charge in [0.1, 0.15) is 10.9 Å². The van der Waals surface area contributed by atoms with Crippen LogP contribution in [0.25, 0.3) is 11.2 Å². The number of fused-ring (bicyclic) bond motifs is 1. The number of pyridine rings is 1.